The molecule has 0 radical (unpaired) electrons. The molecule has 29 heavy (non-hydrogen) atoms. The van der Waals surface area contributed by atoms with Crippen molar-refractivity contribution in [2.24, 2.45) is 0 Å². The lowest BCUT2D eigenvalue weighted by Gasteiger charge is -2.06. The number of esters is 2. The molecular formula is C23H21FO4S. The minimum Gasteiger partial charge on any atom is -0.462 e. The first-order valence-corrected chi connectivity index (χ1v) is 9.93. The molecule has 0 N–H and O–H groups in total. The van der Waals surface area contributed by atoms with E-state index in [1.165, 1.54) is 11.3 Å². The number of fused-ring (bicyclic) bond motifs is 3. The molecule has 0 spiro atoms. The topological polar surface area (TPSA) is 52.6 Å². The smallest absolute Gasteiger partial charge is 0.338 e. The zero-order chi connectivity index (χ0) is 21.1. The van der Waals surface area contributed by atoms with E-state index in [2.05, 4.69) is 13.2 Å². The van der Waals surface area contributed by atoms with Gasteiger partial charge >= 0.3 is 11.9 Å². The van der Waals surface area contributed by atoms with E-state index in [1.54, 1.807) is 32.0 Å². The number of thiophene rings is 1. The molecule has 0 saturated carbocycles. The van der Waals surface area contributed by atoms with E-state index in [9.17, 15) is 9.59 Å². The van der Waals surface area contributed by atoms with Crippen molar-refractivity contribution in [1.29, 1.82) is 0 Å². The molecule has 0 atom stereocenters. The molecule has 6 heteroatoms. The Kier molecular flexibility index (Phi) is 6.13. The number of aryl methyl sites for hydroxylation is 1. The van der Waals surface area contributed by atoms with Gasteiger partial charge in [-0.15, -0.1) is 11.3 Å². The Morgan fingerprint density at radius 3 is 2.41 bits per heavy atom. The molecule has 2 aromatic carbocycles. The Hall–Kier alpha value is -2.99. The molecule has 4 nitrogen and oxygen atoms in total. The summed E-state index contributed by atoms with van der Waals surface area (Å²) in [4.78, 5) is 23.1. The van der Waals surface area contributed by atoms with Crippen molar-refractivity contribution in [3.63, 3.8) is 0 Å². The number of rotatable bonds is 7. The summed E-state index contributed by atoms with van der Waals surface area (Å²) in [6.45, 7) is 10.5. The molecule has 1 heterocycles. The average Bonchev–Trinajstić information content (AvgIpc) is 3.05. The highest BCUT2D eigenvalue weighted by Crippen LogP contribution is 2.38. The van der Waals surface area contributed by atoms with Gasteiger partial charge < -0.3 is 9.47 Å². The lowest BCUT2D eigenvalue weighted by atomic mass is 10.1. The van der Waals surface area contributed by atoms with Crippen LogP contribution in [0.25, 0.3) is 20.2 Å². The third-order valence-corrected chi connectivity index (χ3v) is 5.52. The highest BCUT2D eigenvalue weighted by molar-refractivity contribution is 7.25. The van der Waals surface area contributed by atoms with Gasteiger partial charge in [-0.2, -0.15) is 0 Å². The Balaban J connectivity index is 1.81. The van der Waals surface area contributed by atoms with Crippen molar-refractivity contribution in [2.45, 2.75) is 26.7 Å². The number of hydrogen-bond donors (Lipinski definition) is 0. The number of carbonyl (C=O) groups is 2. The number of benzene rings is 2. The molecule has 3 aromatic rings. The fourth-order valence-electron chi connectivity index (χ4n) is 2.83. The first-order chi connectivity index (χ1) is 13.8. The van der Waals surface area contributed by atoms with Crippen LogP contribution in [0.2, 0.25) is 0 Å². The second kappa shape index (κ2) is 8.57. The van der Waals surface area contributed by atoms with Gasteiger partial charge in [0.15, 0.2) is 0 Å². The van der Waals surface area contributed by atoms with E-state index in [0.29, 0.717) is 40.0 Å². The molecule has 3 rings (SSSR count). The van der Waals surface area contributed by atoms with Crippen LogP contribution < -0.4 is 4.74 Å². The lowest BCUT2D eigenvalue weighted by molar-refractivity contribution is -0.139. The number of carbonyl (C=O) groups excluding carboxylic acids is 2. The summed E-state index contributed by atoms with van der Waals surface area (Å²) in [5, 5.41) is 1.72. The van der Waals surface area contributed by atoms with Gasteiger partial charge in [0.25, 0.3) is 0 Å². The van der Waals surface area contributed by atoms with Gasteiger partial charge in [-0.3, -0.25) is 0 Å². The highest BCUT2D eigenvalue weighted by Gasteiger charge is 2.14. The first-order valence-electron chi connectivity index (χ1n) is 9.12. The van der Waals surface area contributed by atoms with Gasteiger partial charge in [-0.05, 0) is 50.5 Å². The normalized spacial score (nSPS) is 10.9. The Bertz CT molecular complexity index is 1140. The minimum absolute atomic E-state index is 0.215. The molecule has 0 fully saturated rings. The van der Waals surface area contributed by atoms with Crippen molar-refractivity contribution in [2.75, 3.05) is 6.61 Å². The van der Waals surface area contributed by atoms with Gasteiger partial charge in [-0.25, -0.2) is 14.0 Å². The Morgan fingerprint density at radius 2 is 1.72 bits per heavy atom. The lowest BCUT2D eigenvalue weighted by Crippen LogP contribution is -2.07. The predicted molar refractivity (Wildman–Crippen MR) is 114 cm³/mol. The minimum atomic E-state index is -0.494. The Morgan fingerprint density at radius 1 is 1.03 bits per heavy atom. The van der Waals surface area contributed by atoms with Crippen LogP contribution in [0, 0.1) is 5.82 Å². The zero-order valence-electron chi connectivity index (χ0n) is 16.3. The predicted octanol–water partition coefficient (Wildman–Crippen LogP) is 5.73. The van der Waals surface area contributed by atoms with Gasteiger partial charge in [0.05, 0.1) is 11.3 Å². The molecule has 0 unspecified atom stereocenters. The van der Waals surface area contributed by atoms with Gasteiger partial charge in [0.2, 0.25) is 0 Å². The standard InChI is InChI=1S/C23H21FO4S/c1-13(2)22(25)27-11-5-6-15-7-9-18-17-10-8-16(28-23(26)14(3)4)12-19(17)29-21(18)20(15)24/h7-10,12H,1,3,5-6,11H2,2,4H3. The van der Waals surface area contributed by atoms with E-state index in [0.717, 1.165) is 15.5 Å². The Labute approximate surface area is 172 Å². The van der Waals surface area contributed by atoms with E-state index >= 15 is 4.39 Å². The molecule has 1 aromatic heterocycles. The number of hydrogen-bond acceptors (Lipinski definition) is 5. The van der Waals surface area contributed by atoms with Crippen LogP contribution in [0.4, 0.5) is 4.39 Å². The summed E-state index contributed by atoms with van der Waals surface area (Å²) in [6, 6.07) is 8.91. The molecule has 0 bridgehead atoms. The highest BCUT2D eigenvalue weighted by atomic mass is 32.1. The van der Waals surface area contributed by atoms with Crippen LogP contribution in [0.5, 0.6) is 5.75 Å². The molecule has 0 saturated heterocycles. The van der Waals surface area contributed by atoms with Crippen LogP contribution in [0.3, 0.4) is 0 Å². The van der Waals surface area contributed by atoms with Gasteiger partial charge in [0, 0.05) is 26.6 Å². The maximum atomic E-state index is 15.0. The molecular weight excluding hydrogens is 391 g/mol. The van der Waals surface area contributed by atoms with Crippen LogP contribution in [0.15, 0.2) is 54.6 Å². The maximum absolute atomic E-state index is 15.0. The quantitative estimate of drug-likeness (QED) is 0.215. The molecule has 0 aliphatic heterocycles. The zero-order valence-corrected chi connectivity index (χ0v) is 17.2. The summed E-state index contributed by atoms with van der Waals surface area (Å²) < 4.78 is 26.7. The molecule has 0 aliphatic rings. The molecule has 0 amide bonds. The first kappa shape index (κ1) is 20.7. The van der Waals surface area contributed by atoms with E-state index in [1.807, 2.05) is 12.1 Å². The summed E-state index contributed by atoms with van der Waals surface area (Å²) in [6.07, 6.45) is 0.980. The largest absolute Gasteiger partial charge is 0.462 e. The van der Waals surface area contributed by atoms with Crippen molar-refractivity contribution in [3.8, 4) is 5.75 Å². The van der Waals surface area contributed by atoms with Crippen LogP contribution >= 0.6 is 11.3 Å². The summed E-state index contributed by atoms with van der Waals surface area (Å²) in [7, 11) is 0. The van der Waals surface area contributed by atoms with E-state index in [4.69, 9.17) is 9.47 Å². The summed E-state index contributed by atoms with van der Waals surface area (Å²) in [5.74, 6) is -0.799. The monoisotopic (exact) mass is 412 g/mol. The van der Waals surface area contributed by atoms with Crippen LogP contribution in [0.1, 0.15) is 25.8 Å². The number of ether oxygens (including phenoxy) is 2. The third kappa shape index (κ3) is 4.54. The van der Waals surface area contributed by atoms with Crippen molar-refractivity contribution in [1.82, 2.24) is 0 Å². The molecule has 0 aliphatic carbocycles. The fourth-order valence-corrected chi connectivity index (χ4v) is 4.02. The number of halogens is 1. The fraction of sp³-hybridized carbons (Fsp3) is 0.217. The second-order valence-corrected chi connectivity index (χ2v) is 7.92. The van der Waals surface area contributed by atoms with Gasteiger partial charge in [0.1, 0.15) is 11.6 Å². The third-order valence-electron chi connectivity index (χ3n) is 4.36. The van der Waals surface area contributed by atoms with Gasteiger partial charge in [-0.1, -0.05) is 25.3 Å². The van der Waals surface area contributed by atoms with E-state index < -0.39 is 11.9 Å². The van der Waals surface area contributed by atoms with Crippen molar-refractivity contribution < 1.29 is 23.5 Å². The van der Waals surface area contributed by atoms with E-state index in [-0.39, 0.29) is 12.4 Å². The maximum Gasteiger partial charge on any atom is 0.338 e. The van der Waals surface area contributed by atoms with Crippen LogP contribution in [-0.2, 0) is 20.7 Å². The summed E-state index contributed by atoms with van der Waals surface area (Å²) in [5.41, 5.74) is 1.23. The molecule has 150 valence electrons. The van der Waals surface area contributed by atoms with Crippen LogP contribution in [-0.4, -0.2) is 18.5 Å². The SMILES string of the molecule is C=C(C)C(=O)OCCCc1ccc2c(sc3cc(OC(=O)C(=C)C)ccc32)c1F. The average molecular weight is 412 g/mol. The summed E-state index contributed by atoms with van der Waals surface area (Å²) >= 11 is 1.31. The van der Waals surface area contributed by atoms with Crippen molar-refractivity contribution in [3.05, 3.63) is 66.0 Å². The second-order valence-electron chi connectivity index (χ2n) is 6.87. The van der Waals surface area contributed by atoms with Crippen molar-refractivity contribution >= 4 is 43.4 Å².